The lowest BCUT2D eigenvalue weighted by molar-refractivity contribution is -0.123. The summed E-state index contributed by atoms with van der Waals surface area (Å²) in [5, 5.41) is 7.25. The molecule has 0 atom stereocenters. The monoisotopic (exact) mass is 336 g/mol. The van der Waals surface area contributed by atoms with Gasteiger partial charge in [0.25, 0.3) is 5.91 Å². The number of carbonyl (C=O) groups is 2. The molecule has 0 bridgehead atoms. The number of hydrogen-bond acceptors (Lipinski definition) is 4. The van der Waals surface area contributed by atoms with Crippen molar-refractivity contribution in [2.75, 3.05) is 19.6 Å². The van der Waals surface area contributed by atoms with Crippen molar-refractivity contribution in [3.63, 3.8) is 0 Å². The van der Waals surface area contributed by atoms with Crippen LogP contribution in [0, 0.1) is 0 Å². The predicted octanol–water partition coefficient (Wildman–Crippen LogP) is 1.70. The number of rotatable bonds is 3. The standard InChI is InChI=1S/C18H16N4O3/c23-17-12-21(9-8-19-17)18(24)15-11-14(16-7-4-10-25-16)20-22(15)13-5-2-1-3-6-13/h1-7,10-11H,8-9,12H2,(H,19,23). The molecule has 0 aliphatic carbocycles. The average molecular weight is 336 g/mol. The van der Waals surface area contributed by atoms with E-state index in [0.717, 1.165) is 5.69 Å². The van der Waals surface area contributed by atoms with E-state index >= 15 is 0 Å². The minimum Gasteiger partial charge on any atom is -0.463 e. The largest absolute Gasteiger partial charge is 0.463 e. The fourth-order valence-corrected chi connectivity index (χ4v) is 2.82. The van der Waals surface area contributed by atoms with Crippen LogP contribution >= 0.6 is 0 Å². The lowest BCUT2D eigenvalue weighted by Crippen LogP contribution is -2.50. The molecule has 1 aliphatic rings. The number of carbonyl (C=O) groups excluding carboxylic acids is 2. The van der Waals surface area contributed by atoms with Crippen LogP contribution in [0.5, 0.6) is 0 Å². The van der Waals surface area contributed by atoms with Crippen molar-refractivity contribution in [3.8, 4) is 17.1 Å². The topological polar surface area (TPSA) is 80.4 Å². The molecule has 0 unspecified atom stereocenters. The maximum absolute atomic E-state index is 13.0. The lowest BCUT2D eigenvalue weighted by Gasteiger charge is -2.26. The fourth-order valence-electron chi connectivity index (χ4n) is 2.82. The van der Waals surface area contributed by atoms with E-state index in [1.165, 1.54) is 4.90 Å². The summed E-state index contributed by atoms with van der Waals surface area (Å²) < 4.78 is 6.99. The van der Waals surface area contributed by atoms with Gasteiger partial charge in [0.15, 0.2) is 5.76 Å². The second-order valence-electron chi connectivity index (χ2n) is 5.72. The highest BCUT2D eigenvalue weighted by molar-refractivity contribution is 5.97. The van der Waals surface area contributed by atoms with Crippen LogP contribution in [-0.2, 0) is 4.79 Å². The predicted molar refractivity (Wildman–Crippen MR) is 90.2 cm³/mol. The third-order valence-corrected chi connectivity index (χ3v) is 4.03. The van der Waals surface area contributed by atoms with Crippen LogP contribution in [0.2, 0.25) is 0 Å². The van der Waals surface area contributed by atoms with E-state index in [-0.39, 0.29) is 18.4 Å². The van der Waals surface area contributed by atoms with Gasteiger partial charge in [-0.2, -0.15) is 5.10 Å². The van der Waals surface area contributed by atoms with Gasteiger partial charge in [0.1, 0.15) is 11.4 Å². The Kier molecular flexibility index (Phi) is 3.81. The molecule has 7 nitrogen and oxygen atoms in total. The van der Waals surface area contributed by atoms with Gasteiger partial charge in [-0.3, -0.25) is 9.59 Å². The van der Waals surface area contributed by atoms with Crippen molar-refractivity contribution in [2.45, 2.75) is 0 Å². The Morgan fingerprint density at radius 1 is 1.16 bits per heavy atom. The molecule has 3 heterocycles. The normalized spacial score (nSPS) is 14.4. The van der Waals surface area contributed by atoms with Gasteiger partial charge >= 0.3 is 0 Å². The van der Waals surface area contributed by atoms with Gasteiger partial charge in [0.05, 0.1) is 18.5 Å². The molecule has 0 spiro atoms. The van der Waals surface area contributed by atoms with Crippen molar-refractivity contribution >= 4 is 11.8 Å². The van der Waals surface area contributed by atoms with Gasteiger partial charge in [-0.05, 0) is 24.3 Å². The van der Waals surface area contributed by atoms with Gasteiger partial charge < -0.3 is 14.6 Å². The van der Waals surface area contributed by atoms with Crippen LogP contribution in [0.25, 0.3) is 17.1 Å². The summed E-state index contributed by atoms with van der Waals surface area (Å²) in [7, 11) is 0. The van der Waals surface area contributed by atoms with Gasteiger partial charge in [-0.15, -0.1) is 0 Å². The second kappa shape index (κ2) is 6.27. The first-order valence-electron chi connectivity index (χ1n) is 7.98. The van der Waals surface area contributed by atoms with Gasteiger partial charge in [0.2, 0.25) is 5.91 Å². The third kappa shape index (κ3) is 2.91. The number of benzene rings is 1. The zero-order valence-corrected chi connectivity index (χ0v) is 13.4. The number of nitrogens with one attached hydrogen (secondary N) is 1. The molecular weight excluding hydrogens is 320 g/mol. The molecular formula is C18H16N4O3. The summed E-state index contributed by atoms with van der Waals surface area (Å²) in [5.74, 6) is 0.195. The van der Waals surface area contributed by atoms with Crippen molar-refractivity contribution in [1.82, 2.24) is 20.0 Å². The number of aromatic nitrogens is 2. The number of piperazine rings is 1. The molecule has 2 aromatic heterocycles. The molecule has 1 fully saturated rings. The summed E-state index contributed by atoms with van der Waals surface area (Å²) in [5.41, 5.74) is 1.73. The van der Waals surface area contributed by atoms with Crippen molar-refractivity contribution in [1.29, 1.82) is 0 Å². The number of hydrogen-bond donors (Lipinski definition) is 1. The van der Waals surface area contributed by atoms with E-state index in [1.54, 1.807) is 29.1 Å². The summed E-state index contributed by atoms with van der Waals surface area (Å²) in [6.45, 7) is 0.977. The van der Waals surface area contributed by atoms with Crippen molar-refractivity contribution in [3.05, 3.63) is 60.5 Å². The fraction of sp³-hybridized carbons (Fsp3) is 0.167. The maximum atomic E-state index is 13.0. The van der Waals surface area contributed by atoms with E-state index in [0.29, 0.717) is 30.2 Å². The van der Waals surface area contributed by atoms with Crippen LogP contribution < -0.4 is 5.32 Å². The molecule has 7 heteroatoms. The summed E-state index contributed by atoms with van der Waals surface area (Å²) in [4.78, 5) is 26.1. The number of amides is 2. The zero-order chi connectivity index (χ0) is 17.2. The van der Waals surface area contributed by atoms with Crippen LogP contribution in [-0.4, -0.2) is 46.1 Å². The molecule has 0 radical (unpaired) electrons. The van der Waals surface area contributed by atoms with Crippen molar-refractivity contribution in [2.24, 2.45) is 0 Å². The summed E-state index contributed by atoms with van der Waals surface area (Å²) in [6, 6.07) is 14.7. The van der Waals surface area contributed by atoms with E-state index in [1.807, 2.05) is 30.3 Å². The van der Waals surface area contributed by atoms with Crippen LogP contribution in [0.4, 0.5) is 0 Å². The van der Waals surface area contributed by atoms with Gasteiger partial charge in [-0.25, -0.2) is 4.68 Å². The number of nitrogens with zero attached hydrogens (tertiary/aromatic N) is 3. The second-order valence-corrected chi connectivity index (χ2v) is 5.72. The first-order valence-corrected chi connectivity index (χ1v) is 7.98. The Morgan fingerprint density at radius 3 is 2.72 bits per heavy atom. The maximum Gasteiger partial charge on any atom is 0.273 e. The van der Waals surface area contributed by atoms with Crippen molar-refractivity contribution < 1.29 is 14.0 Å². The van der Waals surface area contributed by atoms with Gasteiger partial charge in [0, 0.05) is 19.2 Å². The zero-order valence-electron chi connectivity index (χ0n) is 13.4. The molecule has 126 valence electrons. The molecule has 1 aliphatic heterocycles. The quantitative estimate of drug-likeness (QED) is 0.789. The Balaban J connectivity index is 1.77. The Labute approximate surface area is 143 Å². The molecule has 0 saturated carbocycles. The highest BCUT2D eigenvalue weighted by Gasteiger charge is 2.26. The van der Waals surface area contributed by atoms with E-state index in [2.05, 4.69) is 10.4 Å². The van der Waals surface area contributed by atoms with E-state index in [9.17, 15) is 9.59 Å². The SMILES string of the molecule is O=C1CN(C(=O)c2cc(-c3ccco3)nn2-c2ccccc2)CCN1. The highest BCUT2D eigenvalue weighted by atomic mass is 16.3. The van der Waals surface area contributed by atoms with Gasteiger partial charge in [-0.1, -0.05) is 18.2 Å². The minimum absolute atomic E-state index is 0.0505. The lowest BCUT2D eigenvalue weighted by atomic mass is 10.2. The van der Waals surface area contributed by atoms with Crippen LogP contribution in [0.15, 0.2) is 59.2 Å². The minimum atomic E-state index is -0.232. The Morgan fingerprint density at radius 2 is 2.00 bits per heavy atom. The first-order chi connectivity index (χ1) is 12.2. The smallest absolute Gasteiger partial charge is 0.273 e. The molecule has 1 N–H and O–H groups in total. The Hall–Kier alpha value is -3.35. The molecule has 25 heavy (non-hydrogen) atoms. The highest BCUT2D eigenvalue weighted by Crippen LogP contribution is 2.23. The number of furan rings is 1. The first kappa shape index (κ1) is 15.2. The molecule has 3 aromatic rings. The van der Waals surface area contributed by atoms with Crippen LogP contribution in [0.3, 0.4) is 0 Å². The number of para-hydroxylation sites is 1. The average Bonchev–Trinajstić information content (AvgIpc) is 3.31. The summed E-state index contributed by atoms with van der Waals surface area (Å²) >= 11 is 0. The molecule has 1 saturated heterocycles. The molecule has 2 amide bonds. The third-order valence-electron chi connectivity index (χ3n) is 4.03. The van der Waals surface area contributed by atoms with Crippen LogP contribution in [0.1, 0.15) is 10.5 Å². The Bertz CT molecular complexity index is 900. The summed E-state index contributed by atoms with van der Waals surface area (Å²) in [6.07, 6.45) is 1.56. The van der Waals surface area contributed by atoms with E-state index < -0.39 is 0 Å². The van der Waals surface area contributed by atoms with E-state index in [4.69, 9.17) is 4.42 Å². The molecule has 4 rings (SSSR count). The molecule has 1 aromatic carbocycles.